The molecule has 188 valence electrons. The Hall–Kier alpha value is -4.33. The molecule has 0 aliphatic heterocycles. The molecular weight excluding hydrogens is 462 g/mol. The first-order valence-electron chi connectivity index (χ1n) is 11.4. The van der Waals surface area contributed by atoms with E-state index in [1.807, 2.05) is 60.7 Å². The lowest BCUT2D eigenvalue weighted by Crippen LogP contribution is -2.43. The zero-order valence-electron chi connectivity index (χ0n) is 20.3. The van der Waals surface area contributed by atoms with Gasteiger partial charge in [-0.05, 0) is 34.4 Å². The second-order valence-corrected chi connectivity index (χ2v) is 7.97. The van der Waals surface area contributed by atoms with E-state index in [9.17, 15) is 14.4 Å². The summed E-state index contributed by atoms with van der Waals surface area (Å²) in [5.74, 6) is -0.493. The summed E-state index contributed by atoms with van der Waals surface area (Å²) in [6.45, 7) is 1.73. The molecule has 36 heavy (non-hydrogen) atoms. The summed E-state index contributed by atoms with van der Waals surface area (Å²) in [4.78, 5) is 36.2. The molecule has 1 atom stereocenters. The number of esters is 2. The molecule has 0 aliphatic rings. The van der Waals surface area contributed by atoms with Crippen LogP contribution in [0.3, 0.4) is 0 Å². The van der Waals surface area contributed by atoms with E-state index in [0.29, 0.717) is 23.5 Å². The molecule has 3 rings (SSSR count). The zero-order valence-corrected chi connectivity index (χ0v) is 20.3. The van der Waals surface area contributed by atoms with Crippen molar-refractivity contribution >= 4 is 18.0 Å². The van der Waals surface area contributed by atoms with Crippen molar-refractivity contribution in [2.45, 2.75) is 39.2 Å². The van der Waals surface area contributed by atoms with Crippen molar-refractivity contribution in [2.75, 3.05) is 7.11 Å². The zero-order chi connectivity index (χ0) is 25.8. The van der Waals surface area contributed by atoms with Crippen molar-refractivity contribution < 1.29 is 33.3 Å². The minimum Gasteiger partial charge on any atom is -0.489 e. The highest BCUT2D eigenvalue weighted by atomic mass is 16.6. The largest absolute Gasteiger partial charge is 0.489 e. The van der Waals surface area contributed by atoms with E-state index in [-0.39, 0.29) is 19.6 Å². The third kappa shape index (κ3) is 8.47. The second kappa shape index (κ2) is 13.5. The summed E-state index contributed by atoms with van der Waals surface area (Å²) >= 11 is 0. The minimum absolute atomic E-state index is 0.0143. The number of carbonyl (C=O) groups excluding carboxylic acids is 3. The average molecular weight is 492 g/mol. The van der Waals surface area contributed by atoms with Crippen LogP contribution in [0.5, 0.6) is 5.75 Å². The molecule has 0 fully saturated rings. The molecule has 0 radical (unpaired) electrons. The van der Waals surface area contributed by atoms with Crippen LogP contribution in [0.25, 0.3) is 0 Å². The van der Waals surface area contributed by atoms with Gasteiger partial charge in [0.1, 0.15) is 31.6 Å². The Balaban J connectivity index is 1.71. The topological polar surface area (TPSA) is 100 Å². The Kier molecular flexibility index (Phi) is 9.88. The van der Waals surface area contributed by atoms with E-state index in [0.717, 1.165) is 11.1 Å². The summed E-state index contributed by atoms with van der Waals surface area (Å²) in [6.07, 6.45) is -0.651. The molecule has 1 N–H and O–H groups in total. The molecule has 0 heterocycles. The molecule has 3 aromatic rings. The van der Waals surface area contributed by atoms with Crippen molar-refractivity contribution in [3.8, 4) is 5.75 Å². The fraction of sp³-hybridized carbons (Fsp3) is 0.250. The number of rotatable bonds is 11. The molecule has 8 heteroatoms. The van der Waals surface area contributed by atoms with Crippen LogP contribution in [0.1, 0.15) is 29.2 Å². The molecule has 0 aromatic heterocycles. The fourth-order valence-electron chi connectivity index (χ4n) is 3.41. The highest BCUT2D eigenvalue weighted by Gasteiger charge is 2.24. The predicted molar refractivity (Wildman–Crippen MR) is 132 cm³/mol. The highest BCUT2D eigenvalue weighted by molar-refractivity contribution is 5.81. The Morgan fingerprint density at radius 3 is 2.03 bits per heavy atom. The third-order valence-electron chi connectivity index (χ3n) is 5.27. The Morgan fingerprint density at radius 1 is 0.778 bits per heavy atom. The minimum atomic E-state index is -1.01. The molecule has 0 saturated carbocycles. The van der Waals surface area contributed by atoms with Crippen molar-refractivity contribution in [1.29, 1.82) is 0 Å². The summed E-state index contributed by atoms with van der Waals surface area (Å²) in [5.41, 5.74) is 3.15. The molecular formula is C28H29NO7. The van der Waals surface area contributed by atoms with Crippen LogP contribution >= 0.6 is 0 Å². The van der Waals surface area contributed by atoms with Gasteiger partial charge in [0.05, 0.1) is 7.11 Å². The molecule has 0 bridgehead atoms. The van der Waals surface area contributed by atoms with Crippen molar-refractivity contribution in [3.05, 3.63) is 101 Å². The lowest BCUT2D eigenvalue weighted by atomic mass is 10.00. The Labute approximate surface area is 210 Å². The lowest BCUT2D eigenvalue weighted by molar-refractivity contribution is -0.143. The number of carbonyl (C=O) groups is 3. The molecule has 0 saturated heterocycles. The SMILES string of the molecule is COC(=O)[C@H](Cc1ccc(OCc2ccccc2)cc1COC(C)=O)NC(=O)OCc1ccccc1. The van der Waals surface area contributed by atoms with Crippen molar-refractivity contribution in [2.24, 2.45) is 0 Å². The van der Waals surface area contributed by atoms with Crippen LogP contribution in [0.2, 0.25) is 0 Å². The number of alkyl carbamates (subject to hydrolysis) is 1. The number of hydrogen-bond donors (Lipinski definition) is 1. The van der Waals surface area contributed by atoms with Gasteiger partial charge in [0.25, 0.3) is 0 Å². The van der Waals surface area contributed by atoms with Crippen molar-refractivity contribution in [1.82, 2.24) is 5.32 Å². The molecule has 0 aliphatic carbocycles. The van der Waals surface area contributed by atoms with E-state index in [2.05, 4.69) is 5.32 Å². The van der Waals surface area contributed by atoms with Crippen LogP contribution in [0.15, 0.2) is 78.9 Å². The Bertz CT molecular complexity index is 1150. The quantitative estimate of drug-likeness (QED) is 0.315. The molecule has 0 unspecified atom stereocenters. The summed E-state index contributed by atoms with van der Waals surface area (Å²) in [6, 6.07) is 23.2. The van der Waals surface area contributed by atoms with E-state index in [1.54, 1.807) is 18.2 Å². The van der Waals surface area contributed by atoms with Crippen LogP contribution in [-0.2, 0) is 50.0 Å². The van der Waals surface area contributed by atoms with E-state index < -0.39 is 24.1 Å². The standard InChI is InChI=1S/C28H29NO7/c1-20(30)34-19-24-15-25(35-17-21-9-5-3-6-10-21)14-13-23(24)16-26(27(31)33-2)29-28(32)36-18-22-11-7-4-8-12-22/h3-15,26H,16-19H2,1-2H3,(H,29,32)/t26-/m0/s1. The predicted octanol–water partition coefficient (Wildman–Crippen LogP) is 4.34. The van der Waals surface area contributed by atoms with Gasteiger partial charge in [-0.25, -0.2) is 9.59 Å². The van der Waals surface area contributed by atoms with Gasteiger partial charge in [0, 0.05) is 13.3 Å². The highest BCUT2D eigenvalue weighted by Crippen LogP contribution is 2.22. The van der Waals surface area contributed by atoms with E-state index >= 15 is 0 Å². The van der Waals surface area contributed by atoms with Gasteiger partial charge in [0.15, 0.2) is 0 Å². The van der Waals surface area contributed by atoms with Gasteiger partial charge in [-0.3, -0.25) is 4.79 Å². The average Bonchev–Trinajstić information content (AvgIpc) is 2.90. The maximum atomic E-state index is 12.4. The molecule has 0 spiro atoms. The van der Waals surface area contributed by atoms with Gasteiger partial charge in [0.2, 0.25) is 0 Å². The van der Waals surface area contributed by atoms with Gasteiger partial charge >= 0.3 is 18.0 Å². The summed E-state index contributed by atoms with van der Waals surface area (Å²) < 4.78 is 21.2. The fourth-order valence-corrected chi connectivity index (χ4v) is 3.41. The second-order valence-electron chi connectivity index (χ2n) is 7.97. The normalized spacial score (nSPS) is 11.2. The molecule has 8 nitrogen and oxygen atoms in total. The van der Waals surface area contributed by atoms with Gasteiger partial charge in [-0.1, -0.05) is 66.7 Å². The number of ether oxygens (including phenoxy) is 4. The van der Waals surface area contributed by atoms with Crippen LogP contribution in [0, 0.1) is 0 Å². The number of nitrogens with one attached hydrogen (secondary N) is 1. The number of amides is 1. The van der Waals surface area contributed by atoms with Crippen LogP contribution in [-0.4, -0.2) is 31.2 Å². The Morgan fingerprint density at radius 2 is 1.42 bits per heavy atom. The first-order valence-corrected chi connectivity index (χ1v) is 11.4. The lowest BCUT2D eigenvalue weighted by Gasteiger charge is -2.19. The maximum absolute atomic E-state index is 12.4. The van der Waals surface area contributed by atoms with E-state index in [4.69, 9.17) is 18.9 Å². The number of hydrogen-bond acceptors (Lipinski definition) is 7. The number of methoxy groups -OCH3 is 1. The van der Waals surface area contributed by atoms with Gasteiger partial charge in [-0.15, -0.1) is 0 Å². The van der Waals surface area contributed by atoms with Gasteiger partial charge in [-0.2, -0.15) is 0 Å². The summed E-state index contributed by atoms with van der Waals surface area (Å²) in [5, 5.41) is 2.57. The summed E-state index contributed by atoms with van der Waals surface area (Å²) in [7, 11) is 1.24. The van der Waals surface area contributed by atoms with Crippen LogP contribution < -0.4 is 10.1 Å². The maximum Gasteiger partial charge on any atom is 0.408 e. The monoisotopic (exact) mass is 491 g/mol. The molecule has 3 aromatic carbocycles. The smallest absolute Gasteiger partial charge is 0.408 e. The first-order chi connectivity index (χ1) is 17.4. The third-order valence-corrected chi connectivity index (χ3v) is 5.27. The first kappa shape index (κ1) is 26.3. The van der Waals surface area contributed by atoms with Gasteiger partial charge < -0.3 is 24.3 Å². The molecule has 1 amide bonds. The van der Waals surface area contributed by atoms with E-state index in [1.165, 1.54) is 14.0 Å². The number of benzene rings is 3. The van der Waals surface area contributed by atoms with Crippen LogP contribution in [0.4, 0.5) is 4.79 Å². The van der Waals surface area contributed by atoms with Crippen molar-refractivity contribution in [3.63, 3.8) is 0 Å².